The van der Waals surface area contributed by atoms with Crippen LogP contribution in [0.5, 0.6) is 5.88 Å². The number of rotatable bonds is 8. The largest absolute Gasteiger partial charge is 0.490 e. The van der Waals surface area contributed by atoms with Gasteiger partial charge in [0.1, 0.15) is 16.9 Å². The summed E-state index contributed by atoms with van der Waals surface area (Å²) in [6, 6.07) is 8.28. The van der Waals surface area contributed by atoms with Crippen molar-refractivity contribution in [2.45, 2.75) is 65.4 Å². The number of aromatic nitrogens is 4. The molecule has 0 radical (unpaired) electrons. The highest BCUT2D eigenvalue weighted by Gasteiger charge is 2.38. The molecule has 0 aliphatic rings. The van der Waals surface area contributed by atoms with E-state index in [0.717, 1.165) is 41.7 Å². The zero-order valence-corrected chi connectivity index (χ0v) is 19.3. The van der Waals surface area contributed by atoms with Crippen LogP contribution in [0.25, 0.3) is 11.0 Å². The minimum Gasteiger partial charge on any atom is -0.475 e. The number of unbranched alkanes of at least 4 members (excludes halogenated alkanes) is 1. The van der Waals surface area contributed by atoms with Gasteiger partial charge in [0.25, 0.3) is 5.88 Å². The van der Waals surface area contributed by atoms with Gasteiger partial charge in [0.2, 0.25) is 0 Å². The summed E-state index contributed by atoms with van der Waals surface area (Å²) in [5.74, 6) is -0.986. The number of nitrogen functional groups attached to an aromatic ring is 1. The summed E-state index contributed by atoms with van der Waals surface area (Å²) in [7, 11) is 0. The number of fused-ring (bicyclic) bond motifs is 1. The molecule has 3 rings (SSSR count). The zero-order valence-electron chi connectivity index (χ0n) is 19.3. The Morgan fingerprint density at radius 2 is 1.88 bits per heavy atom. The van der Waals surface area contributed by atoms with Crippen molar-refractivity contribution in [1.29, 1.82) is 0 Å². The number of halogens is 3. The highest BCUT2D eigenvalue weighted by molar-refractivity contribution is 5.88. The van der Waals surface area contributed by atoms with E-state index in [9.17, 15) is 13.2 Å². The summed E-state index contributed by atoms with van der Waals surface area (Å²) in [5.41, 5.74) is 15.6. The second-order valence-electron chi connectivity index (χ2n) is 7.80. The second kappa shape index (κ2) is 11.6. The van der Waals surface area contributed by atoms with Gasteiger partial charge in [-0.2, -0.15) is 13.2 Å². The quantitative estimate of drug-likeness (QED) is 0.441. The highest BCUT2D eigenvalue weighted by Crippen LogP contribution is 2.29. The first-order chi connectivity index (χ1) is 16.0. The van der Waals surface area contributed by atoms with Crippen LogP contribution in [0.15, 0.2) is 24.3 Å². The molecule has 0 unspecified atom stereocenters. The number of aryl methyl sites for hydroxylation is 1. The lowest BCUT2D eigenvalue weighted by molar-refractivity contribution is -0.192. The van der Waals surface area contributed by atoms with Crippen LogP contribution in [0.4, 0.5) is 19.0 Å². The second-order valence-corrected chi connectivity index (χ2v) is 7.80. The average molecular weight is 483 g/mol. The van der Waals surface area contributed by atoms with Crippen LogP contribution >= 0.6 is 0 Å². The van der Waals surface area contributed by atoms with Gasteiger partial charge in [0.15, 0.2) is 5.82 Å². The Balaban J connectivity index is 0.000000509. The molecule has 0 saturated carbocycles. The lowest BCUT2D eigenvalue weighted by atomic mass is 10.1. The van der Waals surface area contributed by atoms with Gasteiger partial charge in [-0.05, 0) is 31.4 Å². The molecule has 0 saturated heterocycles. The third kappa shape index (κ3) is 7.04. The van der Waals surface area contributed by atoms with Gasteiger partial charge in [-0.25, -0.2) is 9.78 Å². The number of hydrogen-bond acceptors (Lipinski definition) is 7. The monoisotopic (exact) mass is 482 g/mol. The average Bonchev–Trinajstić information content (AvgIpc) is 3.13. The molecular formula is C22H29F3N6O3. The minimum atomic E-state index is -5.08. The van der Waals surface area contributed by atoms with Crippen LogP contribution < -0.4 is 16.2 Å². The fraction of sp³-hybridized carbons (Fsp3) is 0.455. The summed E-state index contributed by atoms with van der Waals surface area (Å²) in [6.07, 6.45) is -2.10. The first kappa shape index (κ1) is 26.8. The van der Waals surface area contributed by atoms with E-state index in [1.54, 1.807) is 0 Å². The van der Waals surface area contributed by atoms with Crippen LogP contribution in [0.2, 0.25) is 0 Å². The Hall–Kier alpha value is -3.41. The summed E-state index contributed by atoms with van der Waals surface area (Å²) < 4.78 is 39.8. The van der Waals surface area contributed by atoms with E-state index in [2.05, 4.69) is 33.8 Å². The van der Waals surface area contributed by atoms with E-state index in [1.807, 2.05) is 26.0 Å². The number of aliphatic carboxylic acids is 1. The zero-order chi connectivity index (χ0) is 25.5. The number of benzene rings is 1. The highest BCUT2D eigenvalue weighted by atomic mass is 19.4. The SMILES string of the molecule is CCCCc1nc2c(N)nnc(OC(C)C)c2n1Cc1cccc(CN)c1.O=C(O)C(F)(F)F. The molecule has 9 nitrogen and oxygen atoms in total. The number of imidazole rings is 1. The molecule has 2 heterocycles. The van der Waals surface area contributed by atoms with Crippen LogP contribution in [0, 0.1) is 0 Å². The first-order valence-corrected chi connectivity index (χ1v) is 10.7. The Morgan fingerprint density at radius 3 is 2.44 bits per heavy atom. The number of alkyl halides is 3. The molecular weight excluding hydrogens is 453 g/mol. The van der Waals surface area contributed by atoms with E-state index >= 15 is 0 Å². The summed E-state index contributed by atoms with van der Waals surface area (Å²) in [6.45, 7) is 7.27. The number of carboxylic acids is 1. The number of anilines is 1. The number of nitrogens with two attached hydrogens (primary N) is 2. The molecule has 34 heavy (non-hydrogen) atoms. The topological polar surface area (TPSA) is 142 Å². The van der Waals surface area contributed by atoms with E-state index in [-0.39, 0.29) is 6.10 Å². The van der Waals surface area contributed by atoms with Crippen molar-refractivity contribution in [3.05, 3.63) is 41.2 Å². The van der Waals surface area contributed by atoms with Crippen molar-refractivity contribution in [3.8, 4) is 5.88 Å². The van der Waals surface area contributed by atoms with Gasteiger partial charge in [-0.1, -0.05) is 37.6 Å². The maximum atomic E-state index is 10.6. The van der Waals surface area contributed by atoms with E-state index in [0.29, 0.717) is 30.3 Å². The molecule has 0 fully saturated rings. The lowest BCUT2D eigenvalue weighted by Crippen LogP contribution is -2.21. The van der Waals surface area contributed by atoms with Gasteiger partial charge in [0.05, 0.1) is 6.10 Å². The van der Waals surface area contributed by atoms with Crippen molar-refractivity contribution in [1.82, 2.24) is 19.7 Å². The molecule has 0 atom stereocenters. The Labute approximate surface area is 194 Å². The fourth-order valence-corrected chi connectivity index (χ4v) is 3.12. The van der Waals surface area contributed by atoms with Crippen molar-refractivity contribution in [2.75, 3.05) is 5.73 Å². The van der Waals surface area contributed by atoms with Gasteiger partial charge < -0.3 is 25.9 Å². The van der Waals surface area contributed by atoms with Gasteiger partial charge >= 0.3 is 12.1 Å². The van der Waals surface area contributed by atoms with Crippen molar-refractivity contribution >= 4 is 22.8 Å². The predicted molar refractivity (Wildman–Crippen MR) is 121 cm³/mol. The summed E-state index contributed by atoms with van der Waals surface area (Å²) in [4.78, 5) is 13.7. The number of nitrogens with zero attached hydrogens (tertiary/aromatic N) is 4. The predicted octanol–water partition coefficient (Wildman–Crippen LogP) is 3.68. The molecule has 1 aromatic carbocycles. The maximum absolute atomic E-state index is 10.6. The van der Waals surface area contributed by atoms with Gasteiger partial charge in [-0.3, -0.25) is 0 Å². The minimum absolute atomic E-state index is 0.0193. The third-order valence-electron chi connectivity index (χ3n) is 4.65. The summed E-state index contributed by atoms with van der Waals surface area (Å²) in [5, 5.41) is 15.4. The first-order valence-electron chi connectivity index (χ1n) is 10.7. The number of carbonyl (C=O) groups is 1. The van der Waals surface area contributed by atoms with Crippen LogP contribution in [-0.4, -0.2) is 43.1 Å². The lowest BCUT2D eigenvalue weighted by Gasteiger charge is -2.14. The molecule has 2 aromatic heterocycles. The number of carboxylic acid groups (broad SMARTS) is 1. The molecule has 0 spiro atoms. The fourth-order valence-electron chi connectivity index (χ4n) is 3.12. The maximum Gasteiger partial charge on any atom is 0.490 e. The number of ether oxygens (including phenoxy) is 1. The van der Waals surface area contributed by atoms with Crippen molar-refractivity contribution < 1.29 is 27.8 Å². The van der Waals surface area contributed by atoms with Crippen LogP contribution in [0.3, 0.4) is 0 Å². The smallest absolute Gasteiger partial charge is 0.475 e. The normalized spacial score (nSPS) is 11.4. The van der Waals surface area contributed by atoms with E-state index in [4.69, 9.17) is 31.1 Å². The number of hydrogen-bond donors (Lipinski definition) is 3. The van der Waals surface area contributed by atoms with Crippen molar-refractivity contribution in [3.63, 3.8) is 0 Å². The Bertz CT molecular complexity index is 1120. The van der Waals surface area contributed by atoms with Crippen LogP contribution in [-0.2, 0) is 24.3 Å². The van der Waals surface area contributed by atoms with Gasteiger partial charge in [-0.15, -0.1) is 10.2 Å². The summed E-state index contributed by atoms with van der Waals surface area (Å²) >= 11 is 0. The van der Waals surface area contributed by atoms with E-state index < -0.39 is 12.1 Å². The Kier molecular flexibility index (Phi) is 9.19. The Morgan fingerprint density at radius 1 is 1.24 bits per heavy atom. The molecule has 5 N–H and O–H groups in total. The molecule has 0 aliphatic heterocycles. The van der Waals surface area contributed by atoms with E-state index in [1.165, 1.54) is 0 Å². The molecule has 12 heteroatoms. The standard InChI is InChI=1S/C20H28N6O.C2HF3O2/c1-4-5-9-16-23-17-18(20(27-13(2)3)25-24-19(17)22)26(16)12-15-8-6-7-14(10-15)11-21;3-2(4,5)1(6)7/h6-8,10,13H,4-5,9,11-12,21H2,1-3H3,(H2,22,24);(H,6,7). The molecule has 186 valence electrons. The molecule has 0 aliphatic carbocycles. The van der Waals surface area contributed by atoms with Crippen molar-refractivity contribution in [2.24, 2.45) is 5.73 Å². The molecule has 0 amide bonds. The van der Waals surface area contributed by atoms with Crippen LogP contribution in [0.1, 0.15) is 50.6 Å². The molecule has 3 aromatic rings. The molecule has 0 bridgehead atoms. The van der Waals surface area contributed by atoms with Gasteiger partial charge in [0, 0.05) is 19.5 Å². The third-order valence-corrected chi connectivity index (χ3v) is 4.65.